The van der Waals surface area contributed by atoms with Gasteiger partial charge in [0, 0.05) is 44.1 Å². The first kappa shape index (κ1) is 13.2. The van der Waals surface area contributed by atoms with Gasteiger partial charge in [0.25, 0.3) is 0 Å². The number of hydrogen-bond donors (Lipinski definition) is 1. The minimum Gasteiger partial charge on any atom is -0.382 e. The van der Waals surface area contributed by atoms with E-state index in [4.69, 9.17) is 5.73 Å². The van der Waals surface area contributed by atoms with Crippen LogP contribution in [0.15, 0.2) is 24.7 Å². The fourth-order valence-corrected chi connectivity index (χ4v) is 2.82. The van der Waals surface area contributed by atoms with E-state index in [9.17, 15) is 0 Å². The Bertz CT molecular complexity index is 550. The second-order valence-corrected chi connectivity index (χ2v) is 5.43. The molecule has 2 aromatic rings. The molecule has 0 aliphatic carbocycles. The number of piperidine rings is 1. The lowest BCUT2D eigenvalue weighted by Gasteiger charge is -2.31. The highest BCUT2D eigenvalue weighted by molar-refractivity contribution is 5.24. The topological polar surface area (TPSA) is 64.9 Å². The van der Waals surface area contributed by atoms with Crippen LogP contribution in [0.1, 0.15) is 31.4 Å². The summed E-state index contributed by atoms with van der Waals surface area (Å²) in [7, 11) is 0. The normalized spacial score (nSPS) is 17.6. The molecule has 0 atom stereocenters. The smallest absolute Gasteiger partial charge is 0.145 e. The van der Waals surface area contributed by atoms with Crippen molar-refractivity contribution < 1.29 is 0 Å². The first-order chi connectivity index (χ1) is 9.74. The van der Waals surface area contributed by atoms with Gasteiger partial charge < -0.3 is 5.73 Å². The highest BCUT2D eigenvalue weighted by Gasteiger charge is 2.21. The van der Waals surface area contributed by atoms with Crippen LogP contribution < -0.4 is 5.73 Å². The molecule has 0 amide bonds. The molecule has 0 aromatic carbocycles. The summed E-state index contributed by atoms with van der Waals surface area (Å²) in [4.78, 5) is 2.49. The Kier molecular flexibility index (Phi) is 3.73. The zero-order chi connectivity index (χ0) is 13.9. The molecule has 6 heteroatoms. The van der Waals surface area contributed by atoms with Gasteiger partial charge in [-0.2, -0.15) is 10.2 Å². The second kappa shape index (κ2) is 5.66. The van der Waals surface area contributed by atoms with Gasteiger partial charge in [0.05, 0.1) is 12.2 Å². The Morgan fingerprint density at radius 3 is 2.75 bits per heavy atom. The van der Waals surface area contributed by atoms with Crippen LogP contribution in [-0.4, -0.2) is 37.6 Å². The van der Waals surface area contributed by atoms with E-state index in [1.807, 2.05) is 27.8 Å². The summed E-state index contributed by atoms with van der Waals surface area (Å²) in [5, 5.41) is 8.65. The monoisotopic (exact) mass is 274 g/mol. The number of rotatable bonds is 4. The van der Waals surface area contributed by atoms with Crippen molar-refractivity contribution in [3.63, 3.8) is 0 Å². The van der Waals surface area contributed by atoms with Crippen LogP contribution in [0.3, 0.4) is 0 Å². The molecule has 0 radical (unpaired) electrons. The Morgan fingerprint density at radius 2 is 2.15 bits per heavy atom. The van der Waals surface area contributed by atoms with Crippen LogP contribution >= 0.6 is 0 Å². The molecule has 3 rings (SSSR count). The van der Waals surface area contributed by atoms with Crippen LogP contribution in [0.5, 0.6) is 0 Å². The van der Waals surface area contributed by atoms with Crippen molar-refractivity contribution in [1.29, 1.82) is 0 Å². The SMILES string of the molecule is CCn1cc(CN2CCC(n3ccc(N)n3)CC2)cn1. The van der Waals surface area contributed by atoms with E-state index in [1.54, 1.807) is 0 Å². The number of hydrogen-bond acceptors (Lipinski definition) is 4. The van der Waals surface area contributed by atoms with E-state index >= 15 is 0 Å². The molecule has 20 heavy (non-hydrogen) atoms. The maximum absolute atomic E-state index is 5.68. The Labute approximate surface area is 119 Å². The fraction of sp³-hybridized carbons (Fsp3) is 0.571. The number of nitrogens with two attached hydrogens (primary N) is 1. The predicted molar refractivity (Wildman–Crippen MR) is 78.1 cm³/mol. The third kappa shape index (κ3) is 2.85. The number of anilines is 1. The van der Waals surface area contributed by atoms with Crippen LogP contribution in [0, 0.1) is 0 Å². The number of nitrogens with zero attached hydrogens (tertiary/aromatic N) is 5. The molecule has 2 N–H and O–H groups in total. The Hall–Kier alpha value is -1.82. The molecule has 0 spiro atoms. The van der Waals surface area contributed by atoms with Crippen molar-refractivity contribution >= 4 is 5.82 Å². The molecule has 1 aliphatic rings. The molecule has 6 nitrogen and oxygen atoms in total. The van der Waals surface area contributed by atoms with E-state index in [-0.39, 0.29) is 0 Å². The van der Waals surface area contributed by atoms with Gasteiger partial charge in [-0.15, -0.1) is 0 Å². The molecule has 0 unspecified atom stereocenters. The van der Waals surface area contributed by atoms with E-state index in [0.29, 0.717) is 11.9 Å². The molecule has 0 bridgehead atoms. The van der Waals surface area contributed by atoms with Crippen molar-refractivity contribution in [3.05, 3.63) is 30.2 Å². The van der Waals surface area contributed by atoms with E-state index in [1.165, 1.54) is 5.56 Å². The van der Waals surface area contributed by atoms with Crippen LogP contribution in [-0.2, 0) is 13.1 Å². The average molecular weight is 274 g/mol. The van der Waals surface area contributed by atoms with Gasteiger partial charge in [-0.1, -0.05) is 0 Å². The maximum atomic E-state index is 5.68. The van der Waals surface area contributed by atoms with Crippen LogP contribution in [0.25, 0.3) is 0 Å². The zero-order valence-corrected chi connectivity index (χ0v) is 11.9. The summed E-state index contributed by atoms with van der Waals surface area (Å²) in [6, 6.07) is 2.35. The minimum atomic E-state index is 0.488. The van der Waals surface area contributed by atoms with Crippen LogP contribution in [0.4, 0.5) is 5.82 Å². The molecule has 2 aromatic heterocycles. The van der Waals surface area contributed by atoms with Gasteiger partial charge in [-0.25, -0.2) is 0 Å². The summed E-state index contributed by atoms with van der Waals surface area (Å²) >= 11 is 0. The quantitative estimate of drug-likeness (QED) is 0.918. The van der Waals surface area contributed by atoms with Crippen LogP contribution in [0.2, 0.25) is 0 Å². The van der Waals surface area contributed by atoms with Gasteiger partial charge in [-0.3, -0.25) is 14.3 Å². The van der Waals surface area contributed by atoms with Crippen molar-refractivity contribution in [2.45, 2.75) is 38.9 Å². The fourth-order valence-electron chi connectivity index (χ4n) is 2.82. The lowest BCUT2D eigenvalue weighted by atomic mass is 10.1. The summed E-state index contributed by atoms with van der Waals surface area (Å²) in [6.45, 7) is 6.23. The van der Waals surface area contributed by atoms with Gasteiger partial charge in [0.2, 0.25) is 0 Å². The molecular weight excluding hydrogens is 252 g/mol. The Morgan fingerprint density at radius 1 is 1.35 bits per heavy atom. The molecular formula is C14H22N6. The highest BCUT2D eigenvalue weighted by atomic mass is 15.3. The second-order valence-electron chi connectivity index (χ2n) is 5.43. The number of likely N-dealkylation sites (tertiary alicyclic amines) is 1. The van der Waals surface area contributed by atoms with E-state index in [2.05, 4.69) is 28.2 Å². The standard InChI is InChI=1S/C14H22N6/c1-2-19-11-12(9-16-19)10-18-6-3-13(4-7-18)20-8-5-14(15)17-20/h5,8-9,11,13H,2-4,6-7,10H2,1H3,(H2,15,17). The lowest BCUT2D eigenvalue weighted by molar-refractivity contribution is 0.173. The predicted octanol–water partition coefficient (Wildman–Crippen LogP) is 1.52. The number of nitrogen functional groups attached to an aromatic ring is 1. The van der Waals surface area contributed by atoms with Crippen molar-refractivity contribution in [2.24, 2.45) is 0 Å². The summed E-state index contributed by atoms with van der Waals surface area (Å²) < 4.78 is 4.00. The van der Waals surface area contributed by atoms with Crippen molar-refractivity contribution in [2.75, 3.05) is 18.8 Å². The Balaban J connectivity index is 1.53. The number of aryl methyl sites for hydroxylation is 1. The summed E-state index contributed by atoms with van der Waals surface area (Å²) in [5.41, 5.74) is 6.98. The zero-order valence-electron chi connectivity index (χ0n) is 11.9. The third-order valence-electron chi connectivity index (χ3n) is 3.98. The van der Waals surface area contributed by atoms with Gasteiger partial charge in [-0.05, 0) is 25.8 Å². The number of aromatic nitrogens is 4. The van der Waals surface area contributed by atoms with Gasteiger partial charge in [0.1, 0.15) is 5.82 Å². The van der Waals surface area contributed by atoms with Crippen molar-refractivity contribution in [1.82, 2.24) is 24.5 Å². The molecule has 0 saturated carbocycles. The summed E-state index contributed by atoms with van der Waals surface area (Å²) in [6.07, 6.45) is 8.36. The summed E-state index contributed by atoms with van der Waals surface area (Å²) in [5.74, 6) is 0.611. The lowest BCUT2D eigenvalue weighted by Crippen LogP contribution is -2.34. The average Bonchev–Trinajstić information content (AvgIpc) is 3.09. The molecule has 1 fully saturated rings. The van der Waals surface area contributed by atoms with E-state index in [0.717, 1.165) is 39.0 Å². The van der Waals surface area contributed by atoms with Gasteiger partial charge >= 0.3 is 0 Å². The largest absolute Gasteiger partial charge is 0.382 e. The highest BCUT2D eigenvalue weighted by Crippen LogP contribution is 2.23. The molecule has 1 saturated heterocycles. The van der Waals surface area contributed by atoms with Crippen molar-refractivity contribution in [3.8, 4) is 0 Å². The minimum absolute atomic E-state index is 0.488. The van der Waals surface area contributed by atoms with E-state index < -0.39 is 0 Å². The van der Waals surface area contributed by atoms with Gasteiger partial charge in [0.15, 0.2) is 0 Å². The molecule has 1 aliphatic heterocycles. The molecule has 3 heterocycles. The first-order valence-corrected chi connectivity index (χ1v) is 7.29. The first-order valence-electron chi connectivity index (χ1n) is 7.29. The maximum Gasteiger partial charge on any atom is 0.145 e. The molecule has 108 valence electrons. The third-order valence-corrected chi connectivity index (χ3v) is 3.98.